The number of carbonyl (C=O) groups is 1. The number of nitrogens with zero attached hydrogens (tertiary/aromatic N) is 1. The molecule has 0 aromatic heterocycles. The number of carbonyl (C=O) groups excluding carboxylic acids is 1. The molecule has 1 unspecified atom stereocenters. The van der Waals surface area contributed by atoms with Crippen LogP contribution in [0.4, 0.5) is 0 Å². The molecule has 100 valence electrons. The van der Waals surface area contributed by atoms with Gasteiger partial charge in [0, 0.05) is 13.1 Å². The Morgan fingerprint density at radius 1 is 1.53 bits per heavy atom. The van der Waals surface area contributed by atoms with Crippen LogP contribution in [0.1, 0.15) is 40.5 Å². The van der Waals surface area contributed by atoms with Crippen LogP contribution in [-0.2, 0) is 14.3 Å². The lowest BCUT2D eigenvalue weighted by Crippen LogP contribution is -2.53. The van der Waals surface area contributed by atoms with Gasteiger partial charge in [-0.2, -0.15) is 0 Å². The summed E-state index contributed by atoms with van der Waals surface area (Å²) in [5.74, 6) is -0.122. The highest BCUT2D eigenvalue weighted by Gasteiger charge is 2.32. The van der Waals surface area contributed by atoms with Gasteiger partial charge in [-0.15, -0.1) is 0 Å². The van der Waals surface area contributed by atoms with Crippen molar-refractivity contribution in [3.63, 3.8) is 0 Å². The van der Waals surface area contributed by atoms with Crippen molar-refractivity contribution in [3.05, 3.63) is 0 Å². The molecule has 0 aromatic carbocycles. The first-order valence-electron chi connectivity index (χ1n) is 6.49. The van der Waals surface area contributed by atoms with E-state index in [-0.39, 0.29) is 17.7 Å². The zero-order chi connectivity index (χ0) is 12.9. The van der Waals surface area contributed by atoms with Crippen molar-refractivity contribution in [3.8, 4) is 0 Å². The minimum absolute atomic E-state index is 0.122. The Kier molecular flexibility index (Phi) is 5.40. The SMILES string of the molecule is CCCCOC(=O)CN1CC(C)OC(C)(C)C1. The molecule has 4 nitrogen and oxygen atoms in total. The highest BCUT2D eigenvalue weighted by atomic mass is 16.5. The minimum Gasteiger partial charge on any atom is -0.465 e. The Hall–Kier alpha value is -0.610. The van der Waals surface area contributed by atoms with Gasteiger partial charge < -0.3 is 9.47 Å². The van der Waals surface area contributed by atoms with Crippen molar-refractivity contribution in [2.45, 2.75) is 52.2 Å². The van der Waals surface area contributed by atoms with Crippen molar-refractivity contribution in [1.29, 1.82) is 0 Å². The van der Waals surface area contributed by atoms with Gasteiger partial charge in [0.1, 0.15) is 0 Å². The Labute approximate surface area is 104 Å². The third-order valence-electron chi connectivity index (χ3n) is 2.75. The molecule has 1 aliphatic heterocycles. The molecule has 17 heavy (non-hydrogen) atoms. The second kappa shape index (κ2) is 6.36. The monoisotopic (exact) mass is 243 g/mol. The maximum atomic E-state index is 11.6. The normalized spacial score (nSPS) is 24.6. The molecule has 4 heteroatoms. The first-order valence-corrected chi connectivity index (χ1v) is 6.49. The highest BCUT2D eigenvalue weighted by Crippen LogP contribution is 2.20. The van der Waals surface area contributed by atoms with E-state index in [0.717, 1.165) is 25.9 Å². The lowest BCUT2D eigenvalue weighted by atomic mass is 10.1. The maximum Gasteiger partial charge on any atom is 0.320 e. The van der Waals surface area contributed by atoms with E-state index in [9.17, 15) is 4.79 Å². The van der Waals surface area contributed by atoms with Crippen LogP contribution in [0.3, 0.4) is 0 Å². The summed E-state index contributed by atoms with van der Waals surface area (Å²) in [7, 11) is 0. The first kappa shape index (κ1) is 14.5. The second-order valence-electron chi connectivity index (χ2n) is 5.43. The van der Waals surface area contributed by atoms with Crippen molar-refractivity contribution in [2.24, 2.45) is 0 Å². The topological polar surface area (TPSA) is 38.8 Å². The molecular formula is C13H25NO3. The lowest BCUT2D eigenvalue weighted by Gasteiger charge is -2.41. The van der Waals surface area contributed by atoms with E-state index < -0.39 is 0 Å². The van der Waals surface area contributed by atoms with Crippen LogP contribution in [0.15, 0.2) is 0 Å². The molecule has 1 heterocycles. The largest absolute Gasteiger partial charge is 0.465 e. The highest BCUT2D eigenvalue weighted by molar-refractivity contribution is 5.71. The summed E-state index contributed by atoms with van der Waals surface area (Å²) in [5, 5.41) is 0. The summed E-state index contributed by atoms with van der Waals surface area (Å²) in [6.07, 6.45) is 2.16. The van der Waals surface area contributed by atoms with E-state index in [1.807, 2.05) is 6.92 Å². The van der Waals surface area contributed by atoms with Gasteiger partial charge in [-0.25, -0.2) is 0 Å². The van der Waals surface area contributed by atoms with Crippen LogP contribution < -0.4 is 0 Å². The number of esters is 1. The van der Waals surface area contributed by atoms with Crippen LogP contribution in [0.2, 0.25) is 0 Å². The molecule has 1 saturated heterocycles. The van der Waals surface area contributed by atoms with Gasteiger partial charge in [0.05, 0.1) is 24.9 Å². The van der Waals surface area contributed by atoms with E-state index in [4.69, 9.17) is 9.47 Å². The van der Waals surface area contributed by atoms with Crippen molar-refractivity contribution in [2.75, 3.05) is 26.2 Å². The second-order valence-corrected chi connectivity index (χ2v) is 5.43. The Morgan fingerprint density at radius 3 is 2.82 bits per heavy atom. The fourth-order valence-corrected chi connectivity index (χ4v) is 2.26. The van der Waals surface area contributed by atoms with E-state index >= 15 is 0 Å². The van der Waals surface area contributed by atoms with Crippen molar-refractivity contribution >= 4 is 5.97 Å². The number of hydrogen-bond donors (Lipinski definition) is 0. The zero-order valence-electron chi connectivity index (χ0n) is 11.5. The molecule has 1 rings (SSSR count). The fourth-order valence-electron chi connectivity index (χ4n) is 2.26. The Morgan fingerprint density at radius 2 is 2.24 bits per heavy atom. The molecule has 0 saturated carbocycles. The van der Waals surface area contributed by atoms with Crippen LogP contribution in [0, 0.1) is 0 Å². The van der Waals surface area contributed by atoms with Crippen LogP contribution in [-0.4, -0.2) is 48.8 Å². The standard InChI is InChI=1S/C13H25NO3/c1-5-6-7-16-12(15)9-14-8-11(2)17-13(3,4)10-14/h11H,5-10H2,1-4H3. The number of hydrogen-bond acceptors (Lipinski definition) is 4. The Balaban J connectivity index is 2.32. The molecule has 1 atom stereocenters. The third kappa shape index (κ3) is 5.50. The predicted octanol–water partition coefficient (Wildman–Crippen LogP) is 1.83. The molecule has 0 N–H and O–H groups in total. The number of ether oxygens (including phenoxy) is 2. The van der Waals surface area contributed by atoms with Gasteiger partial charge in [-0.3, -0.25) is 9.69 Å². The van der Waals surface area contributed by atoms with Gasteiger partial charge in [0.25, 0.3) is 0 Å². The molecule has 0 spiro atoms. The smallest absolute Gasteiger partial charge is 0.320 e. The summed E-state index contributed by atoms with van der Waals surface area (Å²) in [6, 6.07) is 0. The quantitative estimate of drug-likeness (QED) is 0.545. The minimum atomic E-state index is -0.179. The number of morpholine rings is 1. The fraction of sp³-hybridized carbons (Fsp3) is 0.923. The summed E-state index contributed by atoms with van der Waals surface area (Å²) in [4.78, 5) is 13.7. The predicted molar refractivity (Wildman–Crippen MR) is 66.9 cm³/mol. The molecule has 0 radical (unpaired) electrons. The Bertz CT molecular complexity index is 253. The van der Waals surface area contributed by atoms with Gasteiger partial charge in [0.2, 0.25) is 0 Å². The van der Waals surface area contributed by atoms with Gasteiger partial charge in [0.15, 0.2) is 0 Å². The van der Waals surface area contributed by atoms with E-state index in [1.165, 1.54) is 0 Å². The van der Waals surface area contributed by atoms with Gasteiger partial charge in [-0.1, -0.05) is 13.3 Å². The van der Waals surface area contributed by atoms with Gasteiger partial charge in [-0.05, 0) is 27.2 Å². The molecule has 0 aliphatic carbocycles. The summed E-state index contributed by atoms with van der Waals surface area (Å²) < 4.78 is 11.0. The van der Waals surface area contributed by atoms with E-state index in [1.54, 1.807) is 0 Å². The van der Waals surface area contributed by atoms with Crippen LogP contribution >= 0.6 is 0 Å². The van der Waals surface area contributed by atoms with Crippen molar-refractivity contribution < 1.29 is 14.3 Å². The first-order chi connectivity index (χ1) is 7.93. The van der Waals surface area contributed by atoms with E-state index in [2.05, 4.69) is 25.7 Å². The van der Waals surface area contributed by atoms with Crippen LogP contribution in [0.5, 0.6) is 0 Å². The van der Waals surface area contributed by atoms with Crippen LogP contribution in [0.25, 0.3) is 0 Å². The lowest BCUT2D eigenvalue weighted by molar-refractivity contribution is -0.155. The molecule has 0 bridgehead atoms. The molecular weight excluding hydrogens is 218 g/mol. The van der Waals surface area contributed by atoms with E-state index in [0.29, 0.717) is 13.2 Å². The third-order valence-corrected chi connectivity index (χ3v) is 2.75. The molecule has 1 aliphatic rings. The average molecular weight is 243 g/mol. The molecule has 0 aromatic rings. The summed E-state index contributed by atoms with van der Waals surface area (Å²) >= 11 is 0. The summed E-state index contributed by atoms with van der Waals surface area (Å²) in [5.41, 5.74) is -0.179. The number of rotatable bonds is 5. The molecule has 0 amide bonds. The maximum absolute atomic E-state index is 11.6. The molecule has 1 fully saturated rings. The van der Waals surface area contributed by atoms with Crippen molar-refractivity contribution in [1.82, 2.24) is 4.90 Å². The average Bonchev–Trinajstić information content (AvgIpc) is 2.14. The van der Waals surface area contributed by atoms with Gasteiger partial charge >= 0.3 is 5.97 Å². The number of unbranched alkanes of at least 4 members (excludes halogenated alkanes) is 1. The zero-order valence-corrected chi connectivity index (χ0v) is 11.5. The summed E-state index contributed by atoms with van der Waals surface area (Å²) in [6.45, 7) is 10.7.